The predicted molar refractivity (Wildman–Crippen MR) is 66.4 cm³/mol. The molecule has 0 aromatic heterocycles. The summed E-state index contributed by atoms with van der Waals surface area (Å²) < 4.78 is 0. The van der Waals surface area contributed by atoms with Gasteiger partial charge in [0.05, 0.1) is 0 Å². The number of aliphatic carboxylic acids is 1. The van der Waals surface area contributed by atoms with Crippen LogP contribution in [-0.4, -0.2) is 34.2 Å². The van der Waals surface area contributed by atoms with Crippen molar-refractivity contribution in [2.45, 2.75) is 19.9 Å². The lowest BCUT2D eigenvalue weighted by Gasteiger charge is -2.27. The Morgan fingerprint density at radius 3 is 2.47 bits per heavy atom. The van der Waals surface area contributed by atoms with E-state index in [2.05, 4.69) is 0 Å². The fourth-order valence-electron chi connectivity index (χ4n) is 1.82. The minimum atomic E-state index is -0.994. The van der Waals surface area contributed by atoms with Crippen LogP contribution < -0.4 is 0 Å². The average Bonchev–Trinajstić information content (AvgIpc) is 2.29. The van der Waals surface area contributed by atoms with Crippen molar-refractivity contribution in [1.29, 1.82) is 0 Å². The van der Waals surface area contributed by atoms with Crippen molar-refractivity contribution in [1.82, 2.24) is 4.90 Å². The van der Waals surface area contributed by atoms with Crippen LogP contribution in [0, 0.1) is 0 Å². The van der Waals surface area contributed by atoms with E-state index in [-0.39, 0.29) is 5.75 Å². The number of hydrogen-bond donors (Lipinski definition) is 2. The van der Waals surface area contributed by atoms with E-state index < -0.39 is 12.0 Å². The first-order valence-corrected chi connectivity index (χ1v) is 5.84. The molecule has 5 heteroatoms. The zero-order valence-electron chi connectivity index (χ0n) is 9.85. The highest BCUT2D eigenvalue weighted by molar-refractivity contribution is 6.30. The Hall–Kier alpha value is -1.26. The van der Waals surface area contributed by atoms with Crippen LogP contribution in [0.15, 0.2) is 18.2 Å². The van der Waals surface area contributed by atoms with Gasteiger partial charge in [-0.3, -0.25) is 9.69 Å². The van der Waals surface area contributed by atoms with E-state index in [0.717, 1.165) is 0 Å². The molecule has 0 spiro atoms. The number of phenols is 1. The fraction of sp³-hybridized carbons (Fsp3) is 0.417. The number of phenolic OH excluding ortho intramolecular Hbond substituents is 1. The number of nitrogens with zero attached hydrogens (tertiary/aromatic N) is 1. The fourth-order valence-corrected chi connectivity index (χ4v) is 2.00. The van der Waals surface area contributed by atoms with Gasteiger partial charge in [0.25, 0.3) is 0 Å². The molecular weight excluding hydrogens is 242 g/mol. The van der Waals surface area contributed by atoms with E-state index in [1.807, 2.05) is 13.8 Å². The Kier molecular flexibility index (Phi) is 4.78. The molecule has 0 amide bonds. The Morgan fingerprint density at radius 2 is 2.00 bits per heavy atom. The maximum absolute atomic E-state index is 11.3. The molecule has 0 heterocycles. The van der Waals surface area contributed by atoms with Gasteiger partial charge in [0, 0.05) is 10.6 Å². The van der Waals surface area contributed by atoms with E-state index in [4.69, 9.17) is 11.6 Å². The largest absolute Gasteiger partial charge is 0.508 e. The lowest BCUT2D eigenvalue weighted by Crippen LogP contribution is -2.33. The Bertz CT molecular complexity index is 405. The van der Waals surface area contributed by atoms with Crippen molar-refractivity contribution in [2.75, 3.05) is 13.1 Å². The first kappa shape index (κ1) is 13.8. The molecule has 2 N–H and O–H groups in total. The van der Waals surface area contributed by atoms with Crippen molar-refractivity contribution in [3.8, 4) is 5.75 Å². The molecular formula is C12H16ClNO3. The number of likely N-dealkylation sites (N-methyl/N-ethyl adjacent to an activating group) is 1. The summed E-state index contributed by atoms with van der Waals surface area (Å²) in [5.41, 5.74) is 0.328. The van der Waals surface area contributed by atoms with Crippen LogP contribution in [0.1, 0.15) is 25.5 Å². The zero-order valence-corrected chi connectivity index (χ0v) is 10.6. The number of benzene rings is 1. The van der Waals surface area contributed by atoms with Gasteiger partial charge in [-0.15, -0.1) is 0 Å². The third-order valence-corrected chi connectivity index (χ3v) is 2.93. The second kappa shape index (κ2) is 5.89. The predicted octanol–water partition coefficient (Wildman–Crippen LogP) is 2.51. The maximum atomic E-state index is 11.3. The van der Waals surface area contributed by atoms with Crippen LogP contribution in [-0.2, 0) is 4.79 Å². The number of rotatable bonds is 5. The van der Waals surface area contributed by atoms with Gasteiger partial charge in [-0.05, 0) is 31.3 Å². The average molecular weight is 258 g/mol. The van der Waals surface area contributed by atoms with Gasteiger partial charge in [-0.25, -0.2) is 0 Å². The lowest BCUT2D eigenvalue weighted by molar-refractivity contribution is -0.143. The van der Waals surface area contributed by atoms with Crippen molar-refractivity contribution < 1.29 is 15.0 Å². The molecule has 0 bridgehead atoms. The number of carbonyl (C=O) groups is 1. The third kappa shape index (κ3) is 3.11. The van der Waals surface area contributed by atoms with E-state index in [1.54, 1.807) is 4.90 Å². The highest BCUT2D eigenvalue weighted by Gasteiger charge is 2.27. The second-order valence-corrected chi connectivity index (χ2v) is 4.10. The number of halogens is 1. The standard InChI is InChI=1S/C12H16ClNO3/c1-3-14(4-2)11(12(16)17)9-7-8(13)5-6-10(9)15/h5-7,11,15H,3-4H2,1-2H3,(H,16,17). The van der Waals surface area contributed by atoms with Gasteiger partial charge in [-0.2, -0.15) is 0 Å². The van der Waals surface area contributed by atoms with Gasteiger partial charge in [0.2, 0.25) is 0 Å². The van der Waals surface area contributed by atoms with Crippen LogP contribution in [0.4, 0.5) is 0 Å². The normalized spacial score (nSPS) is 12.7. The van der Waals surface area contributed by atoms with E-state index >= 15 is 0 Å². The summed E-state index contributed by atoms with van der Waals surface area (Å²) in [6, 6.07) is 3.57. The minimum Gasteiger partial charge on any atom is -0.508 e. The van der Waals surface area contributed by atoms with Crippen LogP contribution in [0.2, 0.25) is 5.02 Å². The third-order valence-electron chi connectivity index (χ3n) is 2.70. The van der Waals surface area contributed by atoms with Crippen LogP contribution in [0.25, 0.3) is 0 Å². The number of carboxylic acid groups (broad SMARTS) is 1. The quantitative estimate of drug-likeness (QED) is 0.851. The molecule has 1 rings (SSSR count). The Morgan fingerprint density at radius 1 is 1.41 bits per heavy atom. The van der Waals surface area contributed by atoms with Gasteiger partial charge >= 0.3 is 5.97 Å². The number of hydrogen-bond acceptors (Lipinski definition) is 3. The molecule has 17 heavy (non-hydrogen) atoms. The first-order valence-electron chi connectivity index (χ1n) is 5.46. The molecule has 1 aromatic rings. The molecule has 0 fully saturated rings. The summed E-state index contributed by atoms with van der Waals surface area (Å²) in [4.78, 5) is 13.1. The van der Waals surface area contributed by atoms with Gasteiger partial charge in [0.15, 0.2) is 0 Å². The molecule has 0 saturated carbocycles. The molecule has 0 saturated heterocycles. The van der Waals surface area contributed by atoms with Gasteiger partial charge in [0.1, 0.15) is 11.8 Å². The summed E-state index contributed by atoms with van der Waals surface area (Å²) in [5, 5.41) is 19.4. The Balaban J connectivity index is 3.22. The lowest BCUT2D eigenvalue weighted by atomic mass is 10.0. The van der Waals surface area contributed by atoms with Crippen LogP contribution in [0.3, 0.4) is 0 Å². The molecule has 0 aliphatic rings. The van der Waals surface area contributed by atoms with E-state index in [9.17, 15) is 15.0 Å². The molecule has 4 nitrogen and oxygen atoms in total. The summed E-state index contributed by atoms with van der Waals surface area (Å²) in [5.74, 6) is -1.04. The molecule has 1 aromatic carbocycles. The maximum Gasteiger partial charge on any atom is 0.325 e. The van der Waals surface area contributed by atoms with E-state index in [1.165, 1.54) is 18.2 Å². The van der Waals surface area contributed by atoms with Gasteiger partial charge in [-0.1, -0.05) is 25.4 Å². The summed E-state index contributed by atoms with van der Waals surface area (Å²) in [7, 11) is 0. The topological polar surface area (TPSA) is 60.8 Å². The summed E-state index contributed by atoms with van der Waals surface area (Å²) in [6.07, 6.45) is 0. The number of carboxylic acids is 1. The monoisotopic (exact) mass is 257 g/mol. The molecule has 1 unspecified atom stereocenters. The highest BCUT2D eigenvalue weighted by atomic mass is 35.5. The smallest absolute Gasteiger partial charge is 0.325 e. The minimum absolute atomic E-state index is 0.0475. The Labute approximate surface area is 105 Å². The molecule has 0 radical (unpaired) electrons. The molecule has 0 aliphatic heterocycles. The second-order valence-electron chi connectivity index (χ2n) is 3.67. The molecule has 0 aliphatic carbocycles. The SMILES string of the molecule is CCN(CC)C(C(=O)O)c1cc(Cl)ccc1O. The molecule has 1 atom stereocenters. The van der Waals surface area contributed by atoms with Crippen molar-refractivity contribution >= 4 is 17.6 Å². The highest BCUT2D eigenvalue weighted by Crippen LogP contribution is 2.31. The van der Waals surface area contributed by atoms with Crippen LogP contribution in [0.5, 0.6) is 5.75 Å². The van der Waals surface area contributed by atoms with Crippen molar-refractivity contribution in [3.05, 3.63) is 28.8 Å². The van der Waals surface area contributed by atoms with Crippen molar-refractivity contribution in [2.24, 2.45) is 0 Å². The zero-order chi connectivity index (χ0) is 13.0. The summed E-state index contributed by atoms with van der Waals surface area (Å²) in [6.45, 7) is 4.92. The van der Waals surface area contributed by atoms with E-state index in [0.29, 0.717) is 23.7 Å². The van der Waals surface area contributed by atoms with Crippen LogP contribution >= 0.6 is 11.6 Å². The van der Waals surface area contributed by atoms with Gasteiger partial charge < -0.3 is 10.2 Å². The van der Waals surface area contributed by atoms with Crippen molar-refractivity contribution in [3.63, 3.8) is 0 Å². The summed E-state index contributed by atoms with van der Waals surface area (Å²) >= 11 is 5.83. The first-order chi connectivity index (χ1) is 8.01. The molecule has 94 valence electrons. The number of aromatic hydroxyl groups is 1.